The van der Waals surface area contributed by atoms with Gasteiger partial charge < -0.3 is 10.1 Å². The highest BCUT2D eigenvalue weighted by Gasteiger charge is 2.20. The van der Waals surface area contributed by atoms with Gasteiger partial charge in [-0.05, 0) is 54.1 Å². The number of rotatable bonds is 8. The molecule has 0 unspecified atom stereocenters. The molecule has 2 N–H and O–H groups in total. The van der Waals surface area contributed by atoms with E-state index < -0.39 is 16.1 Å². The molecule has 0 bridgehead atoms. The van der Waals surface area contributed by atoms with Gasteiger partial charge in [0, 0.05) is 17.1 Å². The molecule has 0 aliphatic carbocycles. The molecule has 1 amide bonds. The highest BCUT2D eigenvalue weighted by Crippen LogP contribution is 2.24. The number of amides is 1. The summed E-state index contributed by atoms with van der Waals surface area (Å²) in [5, 5.41) is 3.30. The van der Waals surface area contributed by atoms with E-state index in [1.54, 1.807) is 48.5 Å². The Balaban J connectivity index is 1.65. The highest BCUT2D eigenvalue weighted by atomic mass is 35.5. The molecule has 8 heteroatoms. The quantitative estimate of drug-likeness (QED) is 0.525. The first kappa shape index (κ1) is 21.8. The summed E-state index contributed by atoms with van der Waals surface area (Å²) in [6.45, 7) is 0. The van der Waals surface area contributed by atoms with Gasteiger partial charge in [0.25, 0.3) is 0 Å². The van der Waals surface area contributed by atoms with Gasteiger partial charge in [0.1, 0.15) is 11.5 Å². The predicted molar refractivity (Wildman–Crippen MR) is 118 cm³/mol. The Labute approximate surface area is 180 Å². The zero-order chi connectivity index (χ0) is 21.6. The van der Waals surface area contributed by atoms with Crippen LogP contribution in [0.1, 0.15) is 18.0 Å². The van der Waals surface area contributed by atoms with Crippen molar-refractivity contribution < 1.29 is 17.9 Å². The Morgan fingerprint density at radius 1 is 0.933 bits per heavy atom. The number of sulfonamides is 1. The lowest BCUT2D eigenvalue weighted by Crippen LogP contribution is -2.30. The third-order valence-electron chi connectivity index (χ3n) is 4.14. The molecule has 0 radical (unpaired) electrons. The van der Waals surface area contributed by atoms with E-state index in [0.29, 0.717) is 27.8 Å². The molecule has 3 rings (SSSR count). The summed E-state index contributed by atoms with van der Waals surface area (Å²) < 4.78 is 31.7. The molecular weight excluding hydrogens is 424 g/mol. The molecule has 0 fully saturated rings. The number of carbonyl (C=O) groups is 1. The number of anilines is 1. The van der Waals surface area contributed by atoms with Crippen LogP contribution in [0.4, 0.5) is 5.69 Å². The molecule has 0 aromatic heterocycles. The molecule has 30 heavy (non-hydrogen) atoms. The molecule has 3 aromatic rings. The second-order valence-corrected chi connectivity index (χ2v) is 8.90. The SMILES string of the molecule is CS(=O)(=O)N[C@@H](CC(=O)Nc1ccc(Oc2ccccc2)cc1)c1ccc(Cl)cc1. The fourth-order valence-corrected chi connectivity index (χ4v) is 3.67. The summed E-state index contributed by atoms with van der Waals surface area (Å²) in [7, 11) is -3.51. The van der Waals surface area contributed by atoms with Crippen molar-refractivity contribution in [1.29, 1.82) is 0 Å². The van der Waals surface area contributed by atoms with Crippen LogP contribution in [0.3, 0.4) is 0 Å². The van der Waals surface area contributed by atoms with Gasteiger partial charge in [-0.25, -0.2) is 13.1 Å². The monoisotopic (exact) mass is 444 g/mol. The maximum Gasteiger partial charge on any atom is 0.226 e. The van der Waals surface area contributed by atoms with E-state index in [1.807, 2.05) is 30.3 Å². The average Bonchev–Trinajstić information content (AvgIpc) is 2.69. The summed E-state index contributed by atoms with van der Waals surface area (Å²) in [4.78, 5) is 12.5. The zero-order valence-corrected chi connectivity index (χ0v) is 17.8. The molecule has 0 heterocycles. The van der Waals surface area contributed by atoms with Crippen LogP contribution in [0, 0.1) is 0 Å². The van der Waals surface area contributed by atoms with Crippen molar-refractivity contribution in [3.63, 3.8) is 0 Å². The standard InChI is InChI=1S/C22H21ClN2O4S/c1-30(27,28)25-21(16-7-9-17(23)10-8-16)15-22(26)24-18-11-13-20(14-12-18)29-19-5-3-2-4-6-19/h2-14,21,25H,15H2,1H3,(H,24,26)/t21-/m0/s1. The Bertz CT molecular complexity index is 1090. The summed E-state index contributed by atoms with van der Waals surface area (Å²) in [6, 6.07) is 22.3. The van der Waals surface area contributed by atoms with Crippen molar-refractivity contribution >= 4 is 33.2 Å². The largest absolute Gasteiger partial charge is 0.457 e. The lowest BCUT2D eigenvalue weighted by molar-refractivity contribution is -0.116. The zero-order valence-electron chi connectivity index (χ0n) is 16.2. The van der Waals surface area contributed by atoms with Crippen molar-refractivity contribution in [2.45, 2.75) is 12.5 Å². The first-order valence-electron chi connectivity index (χ1n) is 9.14. The number of halogens is 1. The molecule has 3 aromatic carbocycles. The molecule has 0 aliphatic rings. The number of para-hydroxylation sites is 1. The molecular formula is C22H21ClN2O4S. The normalized spacial score (nSPS) is 12.2. The van der Waals surface area contributed by atoms with Crippen molar-refractivity contribution in [2.24, 2.45) is 0 Å². The Morgan fingerprint density at radius 3 is 2.13 bits per heavy atom. The highest BCUT2D eigenvalue weighted by molar-refractivity contribution is 7.88. The summed E-state index contributed by atoms with van der Waals surface area (Å²) >= 11 is 5.90. The van der Waals surface area contributed by atoms with Crippen LogP contribution >= 0.6 is 11.6 Å². The summed E-state index contributed by atoms with van der Waals surface area (Å²) in [6.07, 6.45) is 0.982. The van der Waals surface area contributed by atoms with Crippen LogP contribution in [0.5, 0.6) is 11.5 Å². The minimum atomic E-state index is -3.51. The van der Waals surface area contributed by atoms with E-state index in [9.17, 15) is 13.2 Å². The van der Waals surface area contributed by atoms with Gasteiger partial charge in [0.05, 0.1) is 12.3 Å². The van der Waals surface area contributed by atoms with Gasteiger partial charge in [0.2, 0.25) is 15.9 Å². The minimum Gasteiger partial charge on any atom is -0.457 e. The Kier molecular flexibility index (Phi) is 7.10. The van der Waals surface area contributed by atoms with E-state index in [2.05, 4.69) is 10.0 Å². The molecule has 6 nitrogen and oxygen atoms in total. The van der Waals surface area contributed by atoms with Crippen LogP contribution in [0.15, 0.2) is 78.9 Å². The average molecular weight is 445 g/mol. The van der Waals surface area contributed by atoms with Gasteiger partial charge in [-0.3, -0.25) is 4.79 Å². The van der Waals surface area contributed by atoms with Crippen molar-refractivity contribution in [2.75, 3.05) is 11.6 Å². The molecule has 0 saturated heterocycles. The van der Waals surface area contributed by atoms with Crippen LogP contribution in [-0.2, 0) is 14.8 Å². The lowest BCUT2D eigenvalue weighted by atomic mass is 10.0. The van der Waals surface area contributed by atoms with Gasteiger partial charge >= 0.3 is 0 Å². The molecule has 0 aliphatic heterocycles. The van der Waals surface area contributed by atoms with Gasteiger partial charge in [-0.15, -0.1) is 0 Å². The number of hydrogen-bond donors (Lipinski definition) is 2. The van der Waals surface area contributed by atoms with E-state index in [4.69, 9.17) is 16.3 Å². The van der Waals surface area contributed by atoms with Crippen molar-refractivity contribution in [1.82, 2.24) is 4.72 Å². The molecule has 156 valence electrons. The number of carbonyl (C=O) groups excluding carboxylic acids is 1. The maximum atomic E-state index is 12.5. The Hall–Kier alpha value is -2.87. The van der Waals surface area contributed by atoms with Gasteiger partial charge in [0.15, 0.2) is 0 Å². The van der Waals surface area contributed by atoms with Gasteiger partial charge in [-0.2, -0.15) is 0 Å². The predicted octanol–water partition coefficient (Wildman–Crippen LogP) is 4.75. The number of hydrogen-bond acceptors (Lipinski definition) is 4. The second-order valence-electron chi connectivity index (χ2n) is 6.69. The fourth-order valence-electron chi connectivity index (χ4n) is 2.81. The van der Waals surface area contributed by atoms with Crippen LogP contribution in [-0.4, -0.2) is 20.6 Å². The first-order valence-corrected chi connectivity index (χ1v) is 11.4. The minimum absolute atomic E-state index is 0.0725. The van der Waals surface area contributed by atoms with Crippen LogP contribution in [0.2, 0.25) is 5.02 Å². The van der Waals surface area contributed by atoms with E-state index in [0.717, 1.165) is 6.26 Å². The molecule has 1 atom stereocenters. The smallest absolute Gasteiger partial charge is 0.226 e. The van der Waals surface area contributed by atoms with Crippen molar-refractivity contribution in [3.05, 3.63) is 89.4 Å². The fraction of sp³-hybridized carbons (Fsp3) is 0.136. The van der Waals surface area contributed by atoms with E-state index in [-0.39, 0.29) is 12.3 Å². The van der Waals surface area contributed by atoms with Crippen LogP contribution < -0.4 is 14.8 Å². The Morgan fingerprint density at radius 2 is 1.53 bits per heavy atom. The maximum absolute atomic E-state index is 12.5. The third kappa shape index (κ3) is 6.88. The number of benzene rings is 3. The van der Waals surface area contributed by atoms with E-state index >= 15 is 0 Å². The second kappa shape index (κ2) is 9.75. The summed E-state index contributed by atoms with van der Waals surface area (Å²) in [5.74, 6) is 1.02. The number of ether oxygens (including phenoxy) is 1. The first-order chi connectivity index (χ1) is 14.3. The lowest BCUT2D eigenvalue weighted by Gasteiger charge is -2.18. The molecule has 0 spiro atoms. The van der Waals surface area contributed by atoms with Crippen molar-refractivity contribution in [3.8, 4) is 11.5 Å². The van der Waals surface area contributed by atoms with Crippen LogP contribution in [0.25, 0.3) is 0 Å². The van der Waals surface area contributed by atoms with E-state index in [1.165, 1.54) is 0 Å². The van der Waals surface area contributed by atoms with Gasteiger partial charge in [-0.1, -0.05) is 41.9 Å². The summed E-state index contributed by atoms with van der Waals surface area (Å²) in [5.41, 5.74) is 1.22. The third-order valence-corrected chi connectivity index (χ3v) is 5.10. The number of nitrogens with one attached hydrogen (secondary N) is 2. The topological polar surface area (TPSA) is 84.5 Å². The molecule has 0 saturated carbocycles.